The van der Waals surface area contributed by atoms with Gasteiger partial charge in [0.2, 0.25) is 11.8 Å². The number of rotatable bonds is 15. The second-order valence-corrected chi connectivity index (χ2v) is 11.7. The first-order valence-electron chi connectivity index (χ1n) is 15.8. The van der Waals surface area contributed by atoms with Crippen molar-refractivity contribution in [2.45, 2.75) is 92.3 Å². The van der Waals surface area contributed by atoms with Crippen LogP contribution in [0.25, 0.3) is 33.6 Å². The minimum atomic E-state index is 0.138. The van der Waals surface area contributed by atoms with Gasteiger partial charge in [0.25, 0.3) is 0 Å². The lowest BCUT2D eigenvalue weighted by molar-refractivity contribution is -0.134. The number of nitrogens with one attached hydrogen (secondary N) is 2. The molecule has 0 fully saturated rings. The fourth-order valence-corrected chi connectivity index (χ4v) is 5.52. The van der Waals surface area contributed by atoms with Gasteiger partial charge in [0.15, 0.2) is 0 Å². The number of imidazole rings is 2. The van der Waals surface area contributed by atoms with E-state index in [0.717, 1.165) is 59.5 Å². The van der Waals surface area contributed by atoms with Crippen molar-refractivity contribution in [2.75, 3.05) is 6.54 Å². The minimum Gasteiger partial charge on any atom is -0.341 e. The summed E-state index contributed by atoms with van der Waals surface area (Å²) in [6.45, 7) is 11.9. The highest BCUT2D eigenvalue weighted by atomic mass is 35.5. The molecule has 2 aromatic heterocycles. The Bertz CT molecular complexity index is 1510. The van der Waals surface area contributed by atoms with E-state index in [1.165, 1.54) is 0 Å². The normalized spacial score (nSPS) is 11.9. The van der Waals surface area contributed by atoms with Crippen molar-refractivity contribution < 1.29 is 9.59 Å². The number of carbonyl (C=O) groups is 2. The number of benzene rings is 2. The summed E-state index contributed by atoms with van der Waals surface area (Å²) in [6, 6.07) is 16.7. The largest absolute Gasteiger partial charge is 0.341 e. The van der Waals surface area contributed by atoms with Crippen molar-refractivity contribution in [1.29, 1.82) is 0 Å². The second-order valence-electron chi connectivity index (χ2n) is 11.3. The van der Waals surface area contributed by atoms with Crippen molar-refractivity contribution in [3.05, 3.63) is 71.5 Å². The summed E-state index contributed by atoms with van der Waals surface area (Å²) in [5.74, 6) is 1.78. The summed E-state index contributed by atoms with van der Waals surface area (Å²) < 4.78 is 0. The van der Waals surface area contributed by atoms with Gasteiger partial charge in [-0.1, -0.05) is 87.8 Å². The third-order valence-corrected chi connectivity index (χ3v) is 8.18. The Balaban J connectivity index is 1.44. The maximum Gasteiger partial charge on any atom is 0.223 e. The van der Waals surface area contributed by atoms with Gasteiger partial charge in [-0.05, 0) is 49.3 Å². The van der Waals surface area contributed by atoms with Gasteiger partial charge in [-0.3, -0.25) is 9.59 Å². The van der Waals surface area contributed by atoms with Crippen LogP contribution in [0.1, 0.15) is 84.8 Å². The van der Waals surface area contributed by atoms with E-state index < -0.39 is 0 Å². The Morgan fingerprint density at radius 3 is 1.95 bits per heavy atom. The summed E-state index contributed by atoms with van der Waals surface area (Å²) >= 11 is 6.55. The molecular weight excluding hydrogens is 572 g/mol. The predicted molar refractivity (Wildman–Crippen MR) is 178 cm³/mol. The van der Waals surface area contributed by atoms with Crippen molar-refractivity contribution >= 4 is 23.4 Å². The summed E-state index contributed by atoms with van der Waals surface area (Å²) in [6.07, 6.45) is 6.37. The van der Waals surface area contributed by atoms with Gasteiger partial charge >= 0.3 is 0 Å². The van der Waals surface area contributed by atoms with E-state index in [2.05, 4.69) is 72.1 Å². The van der Waals surface area contributed by atoms with Crippen molar-refractivity contribution in [3.63, 3.8) is 0 Å². The van der Waals surface area contributed by atoms with Crippen LogP contribution in [0.3, 0.4) is 0 Å². The molecule has 9 heteroatoms. The first-order chi connectivity index (χ1) is 21.3. The molecule has 0 aliphatic rings. The van der Waals surface area contributed by atoms with Crippen LogP contribution in [0.2, 0.25) is 5.15 Å². The molecule has 0 aliphatic carbocycles. The van der Waals surface area contributed by atoms with Crippen LogP contribution in [0.5, 0.6) is 0 Å². The van der Waals surface area contributed by atoms with E-state index >= 15 is 0 Å². The van der Waals surface area contributed by atoms with Crippen molar-refractivity contribution in [3.8, 4) is 33.6 Å². The third kappa shape index (κ3) is 8.17. The number of amides is 2. The fourth-order valence-electron chi connectivity index (χ4n) is 5.26. The maximum atomic E-state index is 12.7. The average molecular weight is 617 g/mol. The van der Waals surface area contributed by atoms with Gasteiger partial charge in [0.05, 0.1) is 25.0 Å². The standard InChI is InChI=1S/C35H45ClN6O2/c1-6-10-32(43)41(20-8-3)22-31-39-34(35(36)40-31)28-18-14-26(15-19-28)25-12-16-27(17-13-25)29-21-37-30(38-29)23-42(24(5)9-4)33(44)11-7-2/h12-19,21,24H,6-11,20,22-23H2,1-5H3,(H,37,38)(H,39,40)/t24-/m0/s1. The van der Waals surface area contributed by atoms with Crippen LogP contribution in [-0.4, -0.2) is 54.1 Å². The number of carbonyl (C=O) groups excluding carboxylic acids is 2. The molecule has 2 heterocycles. The van der Waals surface area contributed by atoms with E-state index in [9.17, 15) is 9.59 Å². The molecule has 0 saturated heterocycles. The van der Waals surface area contributed by atoms with Crippen molar-refractivity contribution in [1.82, 2.24) is 29.7 Å². The van der Waals surface area contributed by atoms with Crippen LogP contribution in [0.4, 0.5) is 0 Å². The molecule has 234 valence electrons. The number of nitrogens with zero attached hydrogens (tertiary/aromatic N) is 4. The zero-order valence-electron chi connectivity index (χ0n) is 26.6. The van der Waals surface area contributed by atoms with Gasteiger partial charge in [-0.25, -0.2) is 9.97 Å². The molecule has 1 atom stereocenters. The molecule has 4 aromatic rings. The Morgan fingerprint density at radius 1 is 0.773 bits per heavy atom. The van der Waals surface area contributed by atoms with Crippen molar-refractivity contribution in [2.24, 2.45) is 0 Å². The number of aromatic nitrogens is 4. The molecule has 0 radical (unpaired) electrons. The lowest BCUT2D eigenvalue weighted by Gasteiger charge is -2.27. The smallest absolute Gasteiger partial charge is 0.223 e. The summed E-state index contributed by atoms with van der Waals surface area (Å²) in [5, 5.41) is 0.470. The number of H-pyrrole nitrogens is 2. The molecule has 0 aliphatic heterocycles. The van der Waals surface area contributed by atoms with Crippen LogP contribution >= 0.6 is 11.6 Å². The first kappa shape index (κ1) is 33.0. The number of aromatic amines is 2. The lowest BCUT2D eigenvalue weighted by atomic mass is 10.0. The minimum absolute atomic E-state index is 0.138. The van der Waals surface area contributed by atoms with Crippen LogP contribution < -0.4 is 0 Å². The molecule has 8 nitrogen and oxygen atoms in total. The second kappa shape index (κ2) is 15.7. The van der Waals surface area contributed by atoms with Crippen LogP contribution in [-0.2, 0) is 22.7 Å². The van der Waals surface area contributed by atoms with Crippen LogP contribution in [0, 0.1) is 0 Å². The van der Waals surface area contributed by atoms with Gasteiger partial charge in [0, 0.05) is 31.0 Å². The van der Waals surface area contributed by atoms with Gasteiger partial charge < -0.3 is 19.8 Å². The SMILES string of the molecule is CCCC(=O)N(CCC)Cc1nc(-c2ccc(-c3ccc(-c4cnc(CN(C(=O)CCC)[C@@H](C)CC)[nH]4)cc3)cc2)c(Cl)[nH]1. The van der Waals surface area contributed by atoms with Gasteiger partial charge in [0.1, 0.15) is 22.5 Å². The molecule has 2 amide bonds. The van der Waals surface area contributed by atoms with Gasteiger partial charge in [-0.15, -0.1) is 0 Å². The Morgan fingerprint density at radius 2 is 1.36 bits per heavy atom. The molecule has 2 N–H and O–H groups in total. The summed E-state index contributed by atoms with van der Waals surface area (Å²) in [4.78, 5) is 44.8. The van der Waals surface area contributed by atoms with E-state index in [0.29, 0.717) is 49.1 Å². The molecule has 2 aromatic carbocycles. The highest BCUT2D eigenvalue weighted by Gasteiger charge is 2.20. The zero-order valence-corrected chi connectivity index (χ0v) is 27.4. The maximum absolute atomic E-state index is 12.7. The Hall–Kier alpha value is -3.91. The molecular formula is C35H45ClN6O2. The van der Waals surface area contributed by atoms with E-state index in [1.807, 2.05) is 42.0 Å². The number of halogens is 1. The Kier molecular flexibility index (Phi) is 11.8. The molecule has 4 rings (SSSR count). The summed E-state index contributed by atoms with van der Waals surface area (Å²) in [7, 11) is 0. The number of hydrogen-bond acceptors (Lipinski definition) is 4. The average Bonchev–Trinajstić information content (AvgIpc) is 3.66. The summed E-state index contributed by atoms with van der Waals surface area (Å²) in [5.41, 5.74) is 5.72. The Labute approximate surface area is 266 Å². The zero-order chi connectivity index (χ0) is 31.6. The van der Waals surface area contributed by atoms with E-state index in [4.69, 9.17) is 16.6 Å². The lowest BCUT2D eigenvalue weighted by Crippen LogP contribution is -2.37. The van der Waals surface area contributed by atoms with Crippen LogP contribution in [0.15, 0.2) is 54.7 Å². The fraction of sp³-hybridized carbons (Fsp3) is 0.429. The topological polar surface area (TPSA) is 98.0 Å². The predicted octanol–water partition coefficient (Wildman–Crippen LogP) is 8.25. The molecule has 0 bridgehead atoms. The number of hydrogen-bond donors (Lipinski definition) is 2. The molecule has 44 heavy (non-hydrogen) atoms. The highest BCUT2D eigenvalue weighted by molar-refractivity contribution is 6.31. The van der Waals surface area contributed by atoms with E-state index in [-0.39, 0.29) is 17.9 Å². The van der Waals surface area contributed by atoms with Gasteiger partial charge in [-0.2, -0.15) is 0 Å². The third-order valence-electron chi connectivity index (χ3n) is 7.90. The first-order valence-corrected chi connectivity index (χ1v) is 16.2. The quantitative estimate of drug-likeness (QED) is 0.140. The van der Waals surface area contributed by atoms with E-state index in [1.54, 1.807) is 0 Å². The molecule has 0 spiro atoms. The molecule has 0 unspecified atom stereocenters. The highest BCUT2D eigenvalue weighted by Crippen LogP contribution is 2.30. The molecule has 0 saturated carbocycles. The monoisotopic (exact) mass is 616 g/mol.